The van der Waals surface area contributed by atoms with Crippen LogP contribution in [0, 0.1) is 17.2 Å². The molecule has 1 amide bonds. The molecule has 0 radical (unpaired) electrons. The quantitative estimate of drug-likeness (QED) is 0.806. The molecule has 5 heteroatoms. The van der Waals surface area contributed by atoms with E-state index in [0.717, 1.165) is 0 Å². The third-order valence-corrected chi connectivity index (χ3v) is 2.93. The second kappa shape index (κ2) is 6.55. The van der Waals surface area contributed by atoms with Crippen LogP contribution in [0.2, 0.25) is 0 Å². The predicted molar refractivity (Wildman–Crippen MR) is 73.0 cm³/mol. The van der Waals surface area contributed by atoms with Gasteiger partial charge in [0.15, 0.2) is 0 Å². The van der Waals surface area contributed by atoms with Gasteiger partial charge < -0.3 is 10.2 Å². The van der Waals surface area contributed by atoms with Crippen molar-refractivity contribution in [3.8, 4) is 6.07 Å². The average Bonchev–Trinajstić information content (AvgIpc) is 2.45. The number of anilines is 1. The Morgan fingerprint density at radius 2 is 2.26 bits per heavy atom. The van der Waals surface area contributed by atoms with Crippen molar-refractivity contribution in [2.75, 3.05) is 25.5 Å². The van der Waals surface area contributed by atoms with E-state index in [0.29, 0.717) is 29.6 Å². The topological polar surface area (TPSA) is 73.2 Å². The highest BCUT2D eigenvalue weighted by Crippen LogP contribution is 2.20. The van der Waals surface area contributed by atoms with Crippen LogP contribution in [0.4, 0.5) is 5.69 Å². The predicted octanol–water partition coefficient (Wildman–Crippen LogP) is 1.19. The SMILES string of the molecule is CNC(=O)C(C)CN(C)c1ccc(C=O)cc1C#N. The van der Waals surface area contributed by atoms with Gasteiger partial charge in [-0.2, -0.15) is 5.26 Å². The van der Waals surface area contributed by atoms with E-state index in [4.69, 9.17) is 5.26 Å². The molecule has 1 unspecified atom stereocenters. The van der Waals surface area contributed by atoms with E-state index in [1.54, 1.807) is 25.2 Å². The van der Waals surface area contributed by atoms with Crippen molar-refractivity contribution in [1.29, 1.82) is 5.26 Å². The molecule has 0 aliphatic rings. The van der Waals surface area contributed by atoms with Crippen molar-refractivity contribution < 1.29 is 9.59 Å². The van der Waals surface area contributed by atoms with Gasteiger partial charge in [-0.15, -0.1) is 0 Å². The summed E-state index contributed by atoms with van der Waals surface area (Å²) >= 11 is 0. The van der Waals surface area contributed by atoms with Crippen LogP contribution >= 0.6 is 0 Å². The second-order valence-electron chi connectivity index (χ2n) is 4.40. The highest BCUT2D eigenvalue weighted by Gasteiger charge is 2.16. The summed E-state index contributed by atoms with van der Waals surface area (Å²) < 4.78 is 0. The maximum Gasteiger partial charge on any atom is 0.224 e. The minimum Gasteiger partial charge on any atom is -0.373 e. The number of nitrogens with zero attached hydrogens (tertiary/aromatic N) is 2. The van der Waals surface area contributed by atoms with Gasteiger partial charge in [0.1, 0.15) is 12.4 Å². The smallest absolute Gasteiger partial charge is 0.224 e. The number of carbonyl (C=O) groups is 2. The van der Waals surface area contributed by atoms with Crippen molar-refractivity contribution in [3.05, 3.63) is 29.3 Å². The van der Waals surface area contributed by atoms with Gasteiger partial charge in [-0.25, -0.2) is 0 Å². The van der Waals surface area contributed by atoms with Crippen molar-refractivity contribution in [1.82, 2.24) is 5.32 Å². The summed E-state index contributed by atoms with van der Waals surface area (Å²) in [7, 11) is 3.41. The third kappa shape index (κ3) is 3.55. The minimum absolute atomic E-state index is 0.0464. The first-order valence-corrected chi connectivity index (χ1v) is 5.95. The molecule has 0 aliphatic heterocycles. The van der Waals surface area contributed by atoms with Gasteiger partial charge in [-0.05, 0) is 18.2 Å². The molecule has 0 fully saturated rings. The molecule has 5 nitrogen and oxygen atoms in total. The fraction of sp³-hybridized carbons (Fsp3) is 0.357. The van der Waals surface area contributed by atoms with Gasteiger partial charge in [-0.3, -0.25) is 9.59 Å². The van der Waals surface area contributed by atoms with Crippen molar-refractivity contribution >= 4 is 17.9 Å². The summed E-state index contributed by atoms with van der Waals surface area (Å²) in [6.45, 7) is 2.32. The Morgan fingerprint density at radius 1 is 1.58 bits per heavy atom. The number of hydrogen-bond acceptors (Lipinski definition) is 4. The first-order valence-electron chi connectivity index (χ1n) is 5.95. The Hall–Kier alpha value is -2.35. The fourth-order valence-electron chi connectivity index (χ4n) is 1.89. The average molecular weight is 259 g/mol. The first-order chi connectivity index (χ1) is 9.03. The largest absolute Gasteiger partial charge is 0.373 e. The van der Waals surface area contributed by atoms with Crippen LogP contribution in [0.25, 0.3) is 0 Å². The molecule has 1 N–H and O–H groups in total. The summed E-state index contributed by atoms with van der Waals surface area (Å²) in [5, 5.41) is 11.7. The van der Waals surface area contributed by atoms with Crippen molar-refractivity contribution in [2.45, 2.75) is 6.92 Å². The van der Waals surface area contributed by atoms with Gasteiger partial charge >= 0.3 is 0 Å². The monoisotopic (exact) mass is 259 g/mol. The Morgan fingerprint density at radius 3 is 2.79 bits per heavy atom. The molecular formula is C14H17N3O2. The van der Waals surface area contributed by atoms with E-state index < -0.39 is 0 Å². The Labute approximate surface area is 112 Å². The normalized spacial score (nSPS) is 11.3. The van der Waals surface area contributed by atoms with E-state index in [2.05, 4.69) is 11.4 Å². The van der Waals surface area contributed by atoms with Crippen LogP contribution in [0.15, 0.2) is 18.2 Å². The summed E-state index contributed by atoms with van der Waals surface area (Å²) in [5.74, 6) is -0.234. The fourth-order valence-corrected chi connectivity index (χ4v) is 1.89. The van der Waals surface area contributed by atoms with E-state index >= 15 is 0 Å². The van der Waals surface area contributed by atoms with E-state index in [1.807, 2.05) is 18.9 Å². The number of benzene rings is 1. The summed E-state index contributed by atoms with van der Waals surface area (Å²) in [6, 6.07) is 6.99. The number of aldehydes is 1. The lowest BCUT2D eigenvalue weighted by atomic mass is 10.1. The number of rotatable bonds is 5. The highest BCUT2D eigenvalue weighted by molar-refractivity contribution is 5.80. The molecule has 1 aromatic rings. The van der Waals surface area contributed by atoms with Crippen molar-refractivity contribution in [3.63, 3.8) is 0 Å². The summed E-state index contributed by atoms with van der Waals surface area (Å²) in [5.41, 5.74) is 1.60. The van der Waals surface area contributed by atoms with Crippen LogP contribution in [0.5, 0.6) is 0 Å². The Bertz CT molecular complexity index is 520. The van der Waals surface area contributed by atoms with Gasteiger partial charge in [0, 0.05) is 26.2 Å². The molecule has 19 heavy (non-hydrogen) atoms. The molecule has 0 aliphatic carbocycles. The number of nitriles is 1. The molecule has 1 aromatic carbocycles. The molecule has 1 atom stereocenters. The third-order valence-electron chi connectivity index (χ3n) is 2.93. The minimum atomic E-state index is -0.188. The molecule has 0 saturated carbocycles. The first kappa shape index (κ1) is 14.7. The van der Waals surface area contributed by atoms with Crippen LogP contribution in [0.1, 0.15) is 22.8 Å². The number of nitrogens with one attached hydrogen (secondary N) is 1. The van der Waals surface area contributed by atoms with Gasteiger partial charge in [0.25, 0.3) is 0 Å². The lowest BCUT2D eigenvalue weighted by molar-refractivity contribution is -0.123. The van der Waals surface area contributed by atoms with Crippen molar-refractivity contribution in [2.24, 2.45) is 5.92 Å². The molecule has 0 spiro atoms. The Balaban J connectivity index is 2.94. The van der Waals surface area contributed by atoms with Crippen LogP contribution in [-0.2, 0) is 4.79 Å². The number of hydrogen-bond donors (Lipinski definition) is 1. The molecule has 0 heterocycles. The standard InChI is InChI=1S/C14H17N3O2/c1-10(14(19)16-2)8-17(3)13-5-4-11(9-18)6-12(13)7-15/h4-6,9-10H,8H2,1-3H3,(H,16,19). The lowest BCUT2D eigenvalue weighted by Gasteiger charge is -2.23. The van der Waals surface area contributed by atoms with Gasteiger partial charge in [0.05, 0.1) is 17.2 Å². The lowest BCUT2D eigenvalue weighted by Crippen LogP contribution is -2.34. The molecule has 0 bridgehead atoms. The van der Waals surface area contributed by atoms with Crippen LogP contribution < -0.4 is 10.2 Å². The zero-order valence-electron chi connectivity index (χ0n) is 11.3. The highest BCUT2D eigenvalue weighted by atomic mass is 16.1. The maximum absolute atomic E-state index is 11.5. The van der Waals surface area contributed by atoms with Gasteiger partial charge in [0.2, 0.25) is 5.91 Å². The van der Waals surface area contributed by atoms with E-state index in [9.17, 15) is 9.59 Å². The number of carbonyl (C=O) groups excluding carboxylic acids is 2. The van der Waals surface area contributed by atoms with E-state index in [-0.39, 0.29) is 11.8 Å². The Kier molecular flexibility index (Phi) is 5.07. The zero-order valence-corrected chi connectivity index (χ0v) is 11.3. The summed E-state index contributed by atoms with van der Waals surface area (Å²) in [6.07, 6.45) is 0.706. The maximum atomic E-state index is 11.5. The van der Waals surface area contributed by atoms with Crippen LogP contribution in [-0.4, -0.2) is 32.8 Å². The molecule has 0 saturated heterocycles. The molecular weight excluding hydrogens is 242 g/mol. The number of amides is 1. The van der Waals surface area contributed by atoms with E-state index in [1.165, 1.54) is 0 Å². The molecule has 0 aromatic heterocycles. The van der Waals surface area contributed by atoms with Crippen LogP contribution in [0.3, 0.4) is 0 Å². The second-order valence-corrected chi connectivity index (χ2v) is 4.40. The summed E-state index contributed by atoms with van der Waals surface area (Å²) in [4.78, 5) is 24.0. The zero-order chi connectivity index (χ0) is 14.4. The van der Waals surface area contributed by atoms with Gasteiger partial charge in [-0.1, -0.05) is 6.92 Å². The molecule has 1 rings (SSSR count). The molecule has 100 valence electrons.